The van der Waals surface area contributed by atoms with E-state index in [1.165, 1.54) is 12.8 Å². The van der Waals surface area contributed by atoms with Gasteiger partial charge in [-0.2, -0.15) is 4.98 Å². The van der Waals surface area contributed by atoms with Gasteiger partial charge in [0.1, 0.15) is 5.82 Å². The summed E-state index contributed by atoms with van der Waals surface area (Å²) in [5, 5.41) is 7.46. The highest BCUT2D eigenvalue weighted by atomic mass is 16.5. The first-order valence-electron chi connectivity index (χ1n) is 7.25. The molecule has 1 aromatic rings. The zero-order valence-electron chi connectivity index (χ0n) is 11.5. The first-order valence-corrected chi connectivity index (χ1v) is 7.25. The van der Waals surface area contributed by atoms with Crippen molar-refractivity contribution < 1.29 is 4.74 Å². The Labute approximate surface area is 113 Å². The molecule has 6 nitrogen and oxygen atoms in total. The largest absolute Gasteiger partial charge is 0.378 e. The maximum Gasteiger partial charge on any atom is 0.244 e. The van der Waals surface area contributed by atoms with Crippen LogP contribution in [0, 0.1) is 5.92 Å². The second-order valence-electron chi connectivity index (χ2n) is 5.79. The van der Waals surface area contributed by atoms with Crippen molar-refractivity contribution in [2.75, 3.05) is 31.1 Å². The number of hydrogen-bond donors (Lipinski definition) is 2. The highest BCUT2D eigenvalue weighted by molar-refractivity contribution is 5.30. The van der Waals surface area contributed by atoms with Gasteiger partial charge in [0, 0.05) is 19.0 Å². The van der Waals surface area contributed by atoms with E-state index >= 15 is 0 Å². The lowest BCUT2D eigenvalue weighted by Crippen LogP contribution is -2.39. The standard InChI is InChI=1S/C13H23N5O/c1-9-5-11(8-19-9)12-15-13(17-16-12)18-4-2-3-10(6-14)7-18/h9-11H,2-8,14H2,1H3,(H,15,16,17). The normalized spacial score (nSPS) is 31.9. The molecule has 106 valence electrons. The minimum absolute atomic E-state index is 0.329. The summed E-state index contributed by atoms with van der Waals surface area (Å²) in [5.74, 6) is 2.74. The number of rotatable bonds is 3. The molecule has 2 aliphatic rings. The summed E-state index contributed by atoms with van der Waals surface area (Å²) in [6.07, 6.45) is 3.75. The summed E-state index contributed by atoms with van der Waals surface area (Å²) < 4.78 is 5.59. The molecule has 0 saturated carbocycles. The lowest BCUT2D eigenvalue weighted by atomic mass is 9.99. The molecule has 3 heterocycles. The fraction of sp³-hybridized carbons (Fsp3) is 0.846. The van der Waals surface area contributed by atoms with E-state index in [-0.39, 0.29) is 0 Å². The predicted molar refractivity (Wildman–Crippen MR) is 73.1 cm³/mol. The van der Waals surface area contributed by atoms with Gasteiger partial charge in [0.05, 0.1) is 12.7 Å². The number of piperidine rings is 1. The molecule has 2 fully saturated rings. The number of nitrogens with two attached hydrogens (primary N) is 1. The molecule has 0 radical (unpaired) electrons. The highest BCUT2D eigenvalue weighted by Crippen LogP contribution is 2.28. The van der Waals surface area contributed by atoms with Crippen LogP contribution in [-0.2, 0) is 4.74 Å². The molecule has 2 saturated heterocycles. The van der Waals surface area contributed by atoms with Crippen LogP contribution in [0.25, 0.3) is 0 Å². The van der Waals surface area contributed by atoms with Crippen molar-refractivity contribution >= 4 is 5.95 Å². The van der Waals surface area contributed by atoms with Crippen molar-refractivity contribution in [3.8, 4) is 0 Å². The van der Waals surface area contributed by atoms with Gasteiger partial charge in [-0.15, -0.1) is 5.10 Å². The molecule has 3 unspecified atom stereocenters. The van der Waals surface area contributed by atoms with Crippen LogP contribution in [0.1, 0.15) is 37.9 Å². The van der Waals surface area contributed by atoms with Crippen LogP contribution in [0.15, 0.2) is 0 Å². The van der Waals surface area contributed by atoms with Gasteiger partial charge in [-0.3, -0.25) is 5.10 Å². The summed E-state index contributed by atoms with van der Waals surface area (Å²) >= 11 is 0. The Morgan fingerprint density at radius 1 is 1.53 bits per heavy atom. The lowest BCUT2D eigenvalue weighted by Gasteiger charge is -2.31. The molecule has 0 bridgehead atoms. The van der Waals surface area contributed by atoms with Gasteiger partial charge >= 0.3 is 0 Å². The number of ether oxygens (including phenoxy) is 1. The van der Waals surface area contributed by atoms with Crippen LogP contribution in [-0.4, -0.2) is 47.5 Å². The molecule has 3 atom stereocenters. The summed E-state index contributed by atoms with van der Waals surface area (Å²) in [5.41, 5.74) is 5.77. The number of hydrogen-bond acceptors (Lipinski definition) is 5. The average molecular weight is 265 g/mol. The first kappa shape index (κ1) is 12.9. The first-order chi connectivity index (χ1) is 9.26. The van der Waals surface area contributed by atoms with E-state index in [2.05, 4.69) is 27.0 Å². The minimum Gasteiger partial charge on any atom is -0.378 e. The maximum atomic E-state index is 5.77. The van der Waals surface area contributed by atoms with Gasteiger partial charge < -0.3 is 15.4 Å². The van der Waals surface area contributed by atoms with Gasteiger partial charge in [0.2, 0.25) is 5.95 Å². The summed E-state index contributed by atoms with van der Waals surface area (Å²) in [4.78, 5) is 6.91. The van der Waals surface area contributed by atoms with E-state index in [0.29, 0.717) is 17.9 Å². The Balaban J connectivity index is 1.67. The smallest absolute Gasteiger partial charge is 0.244 e. The molecule has 0 spiro atoms. The third kappa shape index (κ3) is 2.74. The third-order valence-electron chi connectivity index (χ3n) is 4.21. The van der Waals surface area contributed by atoms with Crippen LogP contribution in [0.3, 0.4) is 0 Å². The predicted octanol–water partition coefficient (Wildman–Crippen LogP) is 0.872. The van der Waals surface area contributed by atoms with Gasteiger partial charge in [-0.25, -0.2) is 0 Å². The molecular weight excluding hydrogens is 242 g/mol. The van der Waals surface area contributed by atoms with Gasteiger partial charge in [-0.05, 0) is 38.6 Å². The number of H-pyrrole nitrogens is 1. The highest BCUT2D eigenvalue weighted by Gasteiger charge is 2.28. The summed E-state index contributed by atoms with van der Waals surface area (Å²) in [7, 11) is 0. The van der Waals surface area contributed by atoms with Crippen LogP contribution in [0.2, 0.25) is 0 Å². The number of anilines is 1. The number of nitrogens with one attached hydrogen (secondary N) is 1. The average Bonchev–Trinajstić information content (AvgIpc) is 3.07. The quantitative estimate of drug-likeness (QED) is 0.847. The molecular formula is C13H23N5O. The molecule has 19 heavy (non-hydrogen) atoms. The van der Waals surface area contributed by atoms with Gasteiger partial charge in [-0.1, -0.05) is 0 Å². The van der Waals surface area contributed by atoms with E-state index in [9.17, 15) is 0 Å². The summed E-state index contributed by atoms with van der Waals surface area (Å²) in [6.45, 7) is 5.62. The van der Waals surface area contributed by atoms with E-state index in [1.807, 2.05) is 0 Å². The fourth-order valence-corrected chi connectivity index (χ4v) is 3.04. The molecule has 6 heteroatoms. The Bertz CT molecular complexity index is 421. The van der Waals surface area contributed by atoms with E-state index in [4.69, 9.17) is 10.5 Å². The van der Waals surface area contributed by atoms with Crippen molar-refractivity contribution in [2.24, 2.45) is 11.7 Å². The molecule has 3 rings (SSSR count). The second kappa shape index (κ2) is 5.46. The number of nitrogens with zero attached hydrogens (tertiary/aromatic N) is 3. The van der Waals surface area contributed by atoms with Gasteiger partial charge in [0.15, 0.2) is 0 Å². The minimum atomic E-state index is 0.329. The van der Waals surface area contributed by atoms with Crippen LogP contribution < -0.4 is 10.6 Å². The van der Waals surface area contributed by atoms with E-state index < -0.39 is 0 Å². The molecule has 0 aliphatic carbocycles. The van der Waals surface area contributed by atoms with Crippen LogP contribution in [0.4, 0.5) is 5.95 Å². The van der Waals surface area contributed by atoms with E-state index in [1.54, 1.807) is 0 Å². The molecule has 1 aromatic heterocycles. The SMILES string of the molecule is CC1CC(c2nc(N3CCCC(CN)C3)n[nH]2)CO1. The van der Waals surface area contributed by atoms with Crippen molar-refractivity contribution in [3.63, 3.8) is 0 Å². The van der Waals surface area contributed by atoms with Crippen LogP contribution >= 0.6 is 0 Å². The summed E-state index contributed by atoms with van der Waals surface area (Å²) in [6, 6.07) is 0. The molecule has 0 aromatic carbocycles. The zero-order valence-corrected chi connectivity index (χ0v) is 11.5. The Morgan fingerprint density at radius 3 is 3.16 bits per heavy atom. The topological polar surface area (TPSA) is 80.1 Å². The Morgan fingerprint density at radius 2 is 2.42 bits per heavy atom. The molecule has 3 N–H and O–H groups in total. The van der Waals surface area contributed by atoms with Crippen molar-refractivity contribution in [1.29, 1.82) is 0 Å². The number of aromatic nitrogens is 3. The van der Waals surface area contributed by atoms with Crippen molar-refractivity contribution in [2.45, 2.75) is 38.2 Å². The maximum absolute atomic E-state index is 5.77. The second-order valence-corrected chi connectivity index (χ2v) is 5.79. The third-order valence-corrected chi connectivity index (χ3v) is 4.21. The number of aromatic amines is 1. The fourth-order valence-electron chi connectivity index (χ4n) is 3.04. The van der Waals surface area contributed by atoms with Crippen molar-refractivity contribution in [3.05, 3.63) is 5.82 Å². The molecule has 2 aliphatic heterocycles. The van der Waals surface area contributed by atoms with E-state index in [0.717, 1.165) is 44.4 Å². The Kier molecular flexibility index (Phi) is 3.70. The molecule has 0 amide bonds. The monoisotopic (exact) mass is 265 g/mol. The zero-order chi connectivity index (χ0) is 13.2. The van der Waals surface area contributed by atoms with Gasteiger partial charge in [0.25, 0.3) is 0 Å². The van der Waals surface area contributed by atoms with Crippen molar-refractivity contribution in [1.82, 2.24) is 15.2 Å². The lowest BCUT2D eigenvalue weighted by molar-refractivity contribution is 0.123. The van der Waals surface area contributed by atoms with Crippen LogP contribution in [0.5, 0.6) is 0 Å². The Hall–Kier alpha value is -1.14.